The van der Waals surface area contributed by atoms with E-state index in [-0.39, 0.29) is 35.8 Å². The predicted octanol–water partition coefficient (Wildman–Crippen LogP) is 4.48. The predicted molar refractivity (Wildman–Crippen MR) is 130 cm³/mol. The third-order valence-electron chi connectivity index (χ3n) is 5.51. The van der Waals surface area contributed by atoms with Crippen molar-refractivity contribution in [3.05, 3.63) is 64.5 Å². The Balaban J connectivity index is 1.53. The number of hydrogen-bond donors (Lipinski definition) is 1. The molecule has 2 aromatic carbocycles. The quantitative estimate of drug-likeness (QED) is 0.576. The number of nitrogens with zero attached hydrogens (tertiary/aromatic N) is 2. The lowest BCUT2D eigenvalue weighted by molar-refractivity contribution is -0.0440. The molecule has 3 aromatic rings. The van der Waals surface area contributed by atoms with Crippen LogP contribution in [0.25, 0.3) is 11.3 Å². The smallest absolute Gasteiger partial charge is 0.257 e. The molecule has 2 heterocycles. The van der Waals surface area contributed by atoms with Crippen LogP contribution in [0.5, 0.6) is 0 Å². The first-order chi connectivity index (χ1) is 15.6. The number of thiazole rings is 1. The second-order valence-corrected chi connectivity index (χ2v) is 11.2. The van der Waals surface area contributed by atoms with E-state index in [0.29, 0.717) is 5.13 Å². The molecule has 9 heteroatoms. The summed E-state index contributed by atoms with van der Waals surface area (Å²) in [5.74, 6) is -0.405. The van der Waals surface area contributed by atoms with Gasteiger partial charge in [0.2, 0.25) is 10.0 Å². The highest BCUT2D eigenvalue weighted by molar-refractivity contribution is 7.89. The largest absolute Gasteiger partial charge is 0.373 e. The molecular formula is C24H27N3O4S2. The van der Waals surface area contributed by atoms with Crippen molar-refractivity contribution in [1.82, 2.24) is 9.29 Å². The molecule has 0 saturated carbocycles. The number of anilines is 1. The van der Waals surface area contributed by atoms with E-state index in [9.17, 15) is 13.2 Å². The standard InChI is InChI=1S/C24H27N3O4S2/c1-15-8-9-16(2)21(10-15)22-14-32-24(25-22)26-23(28)19-6-5-7-20(11-19)33(29,30)27-12-17(3)31-18(4)13-27/h5-11,14,17-18H,12-13H2,1-4H3,(H,25,26,28). The third-order valence-corrected chi connectivity index (χ3v) is 8.10. The maximum Gasteiger partial charge on any atom is 0.257 e. The Bertz CT molecular complexity index is 1280. The normalized spacial score (nSPS) is 19.4. The van der Waals surface area contributed by atoms with E-state index in [1.54, 1.807) is 12.1 Å². The van der Waals surface area contributed by atoms with Gasteiger partial charge in [0, 0.05) is 29.6 Å². The highest BCUT2D eigenvalue weighted by Gasteiger charge is 2.32. The Labute approximate surface area is 198 Å². The number of aromatic nitrogens is 1. The molecule has 1 N–H and O–H groups in total. The van der Waals surface area contributed by atoms with Crippen LogP contribution in [0, 0.1) is 13.8 Å². The lowest BCUT2D eigenvalue weighted by Gasteiger charge is -2.34. The van der Waals surface area contributed by atoms with E-state index in [0.717, 1.165) is 22.4 Å². The zero-order valence-corrected chi connectivity index (χ0v) is 20.7. The van der Waals surface area contributed by atoms with E-state index in [4.69, 9.17) is 4.74 Å². The lowest BCUT2D eigenvalue weighted by atomic mass is 10.0. The van der Waals surface area contributed by atoms with Gasteiger partial charge in [-0.25, -0.2) is 13.4 Å². The van der Waals surface area contributed by atoms with Crippen LogP contribution in [-0.4, -0.2) is 48.9 Å². The Morgan fingerprint density at radius 2 is 1.85 bits per heavy atom. The van der Waals surface area contributed by atoms with Gasteiger partial charge in [-0.05, 0) is 57.5 Å². The zero-order valence-electron chi connectivity index (χ0n) is 19.0. The van der Waals surface area contributed by atoms with Gasteiger partial charge in [0.05, 0.1) is 22.8 Å². The highest BCUT2D eigenvalue weighted by atomic mass is 32.2. The molecule has 0 bridgehead atoms. The molecule has 0 radical (unpaired) electrons. The van der Waals surface area contributed by atoms with Gasteiger partial charge in [-0.15, -0.1) is 11.3 Å². The van der Waals surface area contributed by atoms with E-state index < -0.39 is 15.9 Å². The molecule has 1 aliphatic rings. The Morgan fingerprint density at radius 3 is 2.58 bits per heavy atom. The fourth-order valence-corrected chi connectivity index (χ4v) is 6.25. The minimum atomic E-state index is -3.74. The molecule has 1 saturated heterocycles. The van der Waals surface area contributed by atoms with Crippen LogP contribution in [0.15, 0.2) is 52.7 Å². The summed E-state index contributed by atoms with van der Waals surface area (Å²) >= 11 is 1.33. The van der Waals surface area contributed by atoms with Crippen molar-refractivity contribution < 1.29 is 17.9 Å². The first-order valence-electron chi connectivity index (χ1n) is 10.7. The molecule has 1 aliphatic heterocycles. The number of morpholine rings is 1. The lowest BCUT2D eigenvalue weighted by Crippen LogP contribution is -2.48. The van der Waals surface area contributed by atoms with Gasteiger partial charge < -0.3 is 4.74 Å². The second-order valence-electron chi connectivity index (χ2n) is 8.42. The summed E-state index contributed by atoms with van der Waals surface area (Å²) in [4.78, 5) is 17.5. The van der Waals surface area contributed by atoms with Crippen LogP contribution in [-0.2, 0) is 14.8 Å². The number of hydrogen-bond acceptors (Lipinski definition) is 6. The molecule has 33 heavy (non-hydrogen) atoms. The number of carbonyl (C=O) groups is 1. The number of ether oxygens (including phenoxy) is 1. The Kier molecular flexibility index (Phi) is 6.67. The van der Waals surface area contributed by atoms with Crippen LogP contribution in [0.3, 0.4) is 0 Å². The monoisotopic (exact) mass is 485 g/mol. The summed E-state index contributed by atoms with van der Waals surface area (Å²) in [6.07, 6.45) is -0.378. The Hall–Kier alpha value is -2.59. The second kappa shape index (κ2) is 9.34. The van der Waals surface area contributed by atoms with Gasteiger partial charge in [-0.3, -0.25) is 10.1 Å². The van der Waals surface area contributed by atoms with E-state index in [2.05, 4.69) is 16.4 Å². The number of amides is 1. The summed E-state index contributed by atoms with van der Waals surface area (Å²) < 4.78 is 33.4. The molecule has 0 aliphatic carbocycles. The van der Waals surface area contributed by atoms with Gasteiger partial charge in [0.25, 0.3) is 5.91 Å². The summed E-state index contributed by atoms with van der Waals surface area (Å²) in [6, 6.07) is 12.3. The molecule has 174 valence electrons. The van der Waals surface area contributed by atoms with Crippen molar-refractivity contribution in [2.45, 2.75) is 44.8 Å². The minimum absolute atomic E-state index is 0.0895. The van der Waals surface area contributed by atoms with Gasteiger partial charge in [-0.1, -0.05) is 23.8 Å². The molecule has 4 rings (SSSR count). The average molecular weight is 486 g/mol. The van der Waals surface area contributed by atoms with Crippen LogP contribution in [0.2, 0.25) is 0 Å². The minimum Gasteiger partial charge on any atom is -0.373 e. The fourth-order valence-electron chi connectivity index (χ4n) is 3.91. The number of carbonyl (C=O) groups excluding carboxylic acids is 1. The van der Waals surface area contributed by atoms with Crippen molar-refractivity contribution >= 4 is 32.4 Å². The van der Waals surface area contributed by atoms with Crippen molar-refractivity contribution in [1.29, 1.82) is 0 Å². The van der Waals surface area contributed by atoms with E-state index in [1.165, 1.54) is 27.8 Å². The van der Waals surface area contributed by atoms with Gasteiger partial charge in [0.15, 0.2) is 5.13 Å². The molecule has 1 fully saturated rings. The topological polar surface area (TPSA) is 88.6 Å². The fraction of sp³-hybridized carbons (Fsp3) is 0.333. The Morgan fingerprint density at radius 1 is 1.12 bits per heavy atom. The van der Waals surface area contributed by atoms with Gasteiger partial charge in [-0.2, -0.15) is 4.31 Å². The van der Waals surface area contributed by atoms with Crippen LogP contribution in [0.4, 0.5) is 5.13 Å². The maximum absolute atomic E-state index is 13.2. The maximum atomic E-state index is 13.2. The third kappa shape index (κ3) is 5.16. The first kappa shape index (κ1) is 23.6. The van der Waals surface area contributed by atoms with Crippen LogP contribution in [0.1, 0.15) is 35.3 Å². The number of benzene rings is 2. The summed E-state index contributed by atoms with van der Waals surface area (Å²) in [6.45, 7) is 8.31. The number of sulfonamides is 1. The van der Waals surface area contributed by atoms with E-state index >= 15 is 0 Å². The number of nitrogens with one attached hydrogen (secondary N) is 1. The van der Waals surface area contributed by atoms with Crippen LogP contribution < -0.4 is 5.32 Å². The van der Waals surface area contributed by atoms with Crippen LogP contribution >= 0.6 is 11.3 Å². The molecular weight excluding hydrogens is 458 g/mol. The number of aryl methyl sites for hydroxylation is 2. The molecule has 1 amide bonds. The summed E-state index contributed by atoms with van der Waals surface area (Å²) in [5, 5.41) is 5.15. The van der Waals surface area contributed by atoms with E-state index in [1.807, 2.05) is 45.2 Å². The van der Waals surface area contributed by atoms with Crippen molar-refractivity contribution in [2.24, 2.45) is 0 Å². The zero-order chi connectivity index (χ0) is 23.8. The summed E-state index contributed by atoms with van der Waals surface area (Å²) in [7, 11) is -3.74. The molecule has 2 unspecified atom stereocenters. The van der Waals surface area contributed by atoms with Gasteiger partial charge >= 0.3 is 0 Å². The number of rotatable bonds is 5. The van der Waals surface area contributed by atoms with Crippen molar-refractivity contribution in [3.8, 4) is 11.3 Å². The highest BCUT2D eigenvalue weighted by Crippen LogP contribution is 2.29. The molecule has 0 spiro atoms. The molecule has 1 aromatic heterocycles. The van der Waals surface area contributed by atoms with Crippen molar-refractivity contribution in [3.63, 3.8) is 0 Å². The molecule has 2 atom stereocenters. The summed E-state index contributed by atoms with van der Waals surface area (Å²) in [5.41, 5.74) is 4.32. The molecule has 7 nitrogen and oxygen atoms in total. The van der Waals surface area contributed by atoms with Gasteiger partial charge in [0.1, 0.15) is 0 Å². The average Bonchev–Trinajstić information content (AvgIpc) is 3.23. The SMILES string of the molecule is Cc1ccc(C)c(-c2csc(NC(=O)c3cccc(S(=O)(=O)N4CC(C)OC(C)C4)c3)n2)c1. The van der Waals surface area contributed by atoms with Crippen molar-refractivity contribution in [2.75, 3.05) is 18.4 Å². The first-order valence-corrected chi connectivity index (χ1v) is 13.1.